The number of ether oxygens (including phenoxy) is 2. The minimum Gasteiger partial charge on any atom is -0.490 e. The van der Waals surface area contributed by atoms with E-state index in [9.17, 15) is 4.79 Å². The van der Waals surface area contributed by atoms with Gasteiger partial charge in [0.05, 0.1) is 6.07 Å². The van der Waals surface area contributed by atoms with Crippen molar-refractivity contribution in [1.29, 1.82) is 5.26 Å². The third kappa shape index (κ3) is 6.67. The Bertz CT molecular complexity index is 804. The predicted octanol–water partition coefficient (Wildman–Crippen LogP) is 3.97. The summed E-state index contributed by atoms with van der Waals surface area (Å²) < 4.78 is 11.7. The molecule has 0 aliphatic carbocycles. The van der Waals surface area contributed by atoms with Crippen molar-refractivity contribution in [1.82, 2.24) is 5.32 Å². The number of rotatable bonds is 8. The molecule has 0 spiro atoms. The highest BCUT2D eigenvalue weighted by Crippen LogP contribution is 2.30. The number of hydrogen-bond donors (Lipinski definition) is 1. The van der Waals surface area contributed by atoms with Gasteiger partial charge in [0.25, 0.3) is 0 Å². The quantitative estimate of drug-likeness (QED) is 0.718. The van der Waals surface area contributed by atoms with Crippen LogP contribution in [0.1, 0.15) is 38.3 Å². The minimum absolute atomic E-state index is 0.0156. The summed E-state index contributed by atoms with van der Waals surface area (Å²) in [5, 5.41) is 11.2. The molecule has 0 heterocycles. The van der Waals surface area contributed by atoms with Crippen molar-refractivity contribution in [3.8, 4) is 17.6 Å². The Morgan fingerprint density at radius 1 is 1.07 bits per heavy atom. The lowest BCUT2D eigenvalue weighted by molar-refractivity contribution is -0.120. The smallest absolute Gasteiger partial charge is 0.234 e. The fourth-order valence-corrected chi connectivity index (χ4v) is 2.60. The predicted molar refractivity (Wildman–Crippen MR) is 105 cm³/mol. The summed E-state index contributed by atoms with van der Waals surface area (Å²) in [5.41, 5.74) is 2.10. The molecule has 142 valence electrons. The average molecular weight is 366 g/mol. The summed E-state index contributed by atoms with van der Waals surface area (Å²) in [6.45, 7) is 7.71. The van der Waals surface area contributed by atoms with E-state index in [-0.39, 0.29) is 17.7 Å². The number of hydrogen-bond acceptors (Lipinski definition) is 4. The first kappa shape index (κ1) is 20.3. The maximum Gasteiger partial charge on any atom is 0.234 e. The van der Waals surface area contributed by atoms with Crippen LogP contribution < -0.4 is 14.8 Å². The number of amides is 1. The van der Waals surface area contributed by atoms with E-state index >= 15 is 0 Å². The number of benzene rings is 2. The molecule has 0 atom stereocenters. The molecule has 5 nitrogen and oxygen atoms in total. The summed E-state index contributed by atoms with van der Waals surface area (Å²) in [7, 11) is 0. The van der Waals surface area contributed by atoms with Crippen molar-refractivity contribution < 1.29 is 14.3 Å². The molecule has 0 saturated heterocycles. The van der Waals surface area contributed by atoms with Crippen LogP contribution in [0.2, 0.25) is 0 Å². The van der Waals surface area contributed by atoms with Crippen LogP contribution in [-0.2, 0) is 16.8 Å². The summed E-state index contributed by atoms with van der Waals surface area (Å²) in [6.07, 6.45) is -0.135. The molecule has 0 fully saturated rings. The van der Waals surface area contributed by atoms with Crippen LogP contribution in [0.4, 0.5) is 0 Å². The van der Waals surface area contributed by atoms with Gasteiger partial charge in [-0.05, 0) is 34.7 Å². The number of carbonyl (C=O) groups is 1. The van der Waals surface area contributed by atoms with Gasteiger partial charge in [0.15, 0.2) is 0 Å². The van der Waals surface area contributed by atoms with Crippen molar-refractivity contribution in [3.63, 3.8) is 0 Å². The molecule has 0 aliphatic heterocycles. The molecule has 0 aromatic heterocycles. The van der Waals surface area contributed by atoms with Crippen molar-refractivity contribution in [2.45, 2.75) is 39.2 Å². The summed E-state index contributed by atoms with van der Waals surface area (Å²) in [4.78, 5) is 11.4. The highest BCUT2D eigenvalue weighted by Gasteiger charge is 2.18. The molecular formula is C22H26N2O3. The lowest BCUT2D eigenvalue weighted by atomic mass is 9.86. The molecular weight excluding hydrogens is 340 g/mol. The Labute approximate surface area is 160 Å². The maximum absolute atomic E-state index is 11.4. The van der Waals surface area contributed by atoms with Crippen LogP contribution in [0.5, 0.6) is 11.5 Å². The van der Waals surface area contributed by atoms with Crippen LogP contribution >= 0.6 is 0 Å². The Hall–Kier alpha value is -3.00. The molecule has 0 unspecified atom stereocenters. The number of nitrogens with zero attached hydrogens (tertiary/aromatic N) is 1. The number of para-hydroxylation sites is 1. The largest absolute Gasteiger partial charge is 0.490 e. The van der Waals surface area contributed by atoms with E-state index in [1.54, 1.807) is 0 Å². The molecule has 0 bridgehead atoms. The number of carbonyl (C=O) groups excluding carboxylic acids is 1. The molecule has 2 aromatic rings. The van der Waals surface area contributed by atoms with E-state index in [2.05, 4.69) is 32.2 Å². The molecule has 0 aliphatic rings. The normalized spacial score (nSPS) is 10.7. The molecule has 0 radical (unpaired) electrons. The molecule has 2 rings (SSSR count). The SMILES string of the molecule is CC(C)(C)c1ccccc1OCCOc1cccc(CNC(=O)CC#N)c1. The Kier molecular flexibility index (Phi) is 7.25. The molecule has 1 N–H and O–H groups in total. The van der Waals surface area contributed by atoms with E-state index < -0.39 is 0 Å². The van der Waals surface area contributed by atoms with E-state index in [0.717, 1.165) is 17.1 Å². The fourth-order valence-electron chi connectivity index (χ4n) is 2.60. The number of nitriles is 1. The maximum atomic E-state index is 11.4. The third-order valence-corrected chi connectivity index (χ3v) is 3.93. The molecule has 0 saturated carbocycles. The van der Waals surface area contributed by atoms with Crippen molar-refractivity contribution >= 4 is 5.91 Å². The second-order valence-electron chi connectivity index (χ2n) is 7.20. The first-order chi connectivity index (χ1) is 12.9. The van der Waals surface area contributed by atoms with Gasteiger partial charge in [-0.2, -0.15) is 5.26 Å². The van der Waals surface area contributed by atoms with Gasteiger partial charge in [0, 0.05) is 6.54 Å². The van der Waals surface area contributed by atoms with Gasteiger partial charge < -0.3 is 14.8 Å². The second-order valence-corrected chi connectivity index (χ2v) is 7.20. The Balaban J connectivity index is 1.84. The highest BCUT2D eigenvalue weighted by molar-refractivity contribution is 5.77. The molecule has 1 amide bonds. The number of nitrogens with one attached hydrogen (secondary N) is 1. The van der Waals surface area contributed by atoms with Gasteiger partial charge in [-0.1, -0.05) is 51.1 Å². The Morgan fingerprint density at radius 2 is 1.81 bits per heavy atom. The van der Waals surface area contributed by atoms with Gasteiger partial charge in [-0.25, -0.2) is 0 Å². The topological polar surface area (TPSA) is 71.3 Å². The van der Waals surface area contributed by atoms with Crippen LogP contribution in [0, 0.1) is 11.3 Å². The zero-order chi connectivity index (χ0) is 19.7. The van der Waals surface area contributed by atoms with Crippen LogP contribution in [-0.4, -0.2) is 19.1 Å². The summed E-state index contributed by atoms with van der Waals surface area (Å²) in [5.74, 6) is 1.31. The van der Waals surface area contributed by atoms with E-state index in [1.807, 2.05) is 48.5 Å². The zero-order valence-electron chi connectivity index (χ0n) is 16.1. The fraction of sp³-hybridized carbons (Fsp3) is 0.364. The van der Waals surface area contributed by atoms with Gasteiger partial charge in [-0.15, -0.1) is 0 Å². The summed E-state index contributed by atoms with van der Waals surface area (Å²) >= 11 is 0. The van der Waals surface area contributed by atoms with Crippen molar-refractivity contribution in [2.24, 2.45) is 0 Å². The standard InChI is InChI=1S/C22H26N2O3/c1-22(2,3)19-9-4-5-10-20(19)27-14-13-26-18-8-6-7-17(15-18)16-24-21(25)11-12-23/h4-10,15H,11,13-14,16H2,1-3H3,(H,24,25). The van der Waals surface area contributed by atoms with Gasteiger partial charge >= 0.3 is 0 Å². The van der Waals surface area contributed by atoms with E-state index in [1.165, 1.54) is 5.56 Å². The summed E-state index contributed by atoms with van der Waals surface area (Å²) in [6, 6.07) is 17.4. The van der Waals surface area contributed by atoms with Crippen LogP contribution in [0.3, 0.4) is 0 Å². The minimum atomic E-state index is -0.283. The van der Waals surface area contributed by atoms with Crippen LogP contribution in [0.15, 0.2) is 48.5 Å². The highest BCUT2D eigenvalue weighted by atomic mass is 16.5. The van der Waals surface area contributed by atoms with Crippen molar-refractivity contribution in [2.75, 3.05) is 13.2 Å². The van der Waals surface area contributed by atoms with Gasteiger partial charge in [0.2, 0.25) is 5.91 Å². The average Bonchev–Trinajstić information content (AvgIpc) is 2.64. The zero-order valence-corrected chi connectivity index (χ0v) is 16.1. The monoisotopic (exact) mass is 366 g/mol. The molecule has 5 heteroatoms. The second kappa shape index (κ2) is 9.63. The van der Waals surface area contributed by atoms with Gasteiger partial charge in [0.1, 0.15) is 31.1 Å². The van der Waals surface area contributed by atoms with E-state index in [4.69, 9.17) is 14.7 Å². The first-order valence-corrected chi connectivity index (χ1v) is 8.98. The molecule has 2 aromatic carbocycles. The van der Waals surface area contributed by atoms with E-state index in [0.29, 0.717) is 19.8 Å². The van der Waals surface area contributed by atoms with Crippen LogP contribution in [0.25, 0.3) is 0 Å². The Morgan fingerprint density at radius 3 is 2.56 bits per heavy atom. The third-order valence-electron chi connectivity index (χ3n) is 3.93. The first-order valence-electron chi connectivity index (χ1n) is 8.98. The lowest BCUT2D eigenvalue weighted by Gasteiger charge is -2.22. The molecule has 27 heavy (non-hydrogen) atoms. The van der Waals surface area contributed by atoms with Crippen molar-refractivity contribution in [3.05, 3.63) is 59.7 Å². The lowest BCUT2D eigenvalue weighted by Crippen LogP contribution is -2.21. The van der Waals surface area contributed by atoms with Gasteiger partial charge in [-0.3, -0.25) is 4.79 Å².